The molecule has 4 aromatic rings. The van der Waals surface area contributed by atoms with Crippen molar-refractivity contribution in [3.05, 3.63) is 89.5 Å². The molecule has 0 spiro atoms. The van der Waals surface area contributed by atoms with Crippen LogP contribution in [0.15, 0.2) is 72.8 Å². The maximum absolute atomic E-state index is 13.2. The molecule has 0 fully saturated rings. The molecular weight excluding hydrogens is 372 g/mol. The third-order valence-corrected chi connectivity index (χ3v) is 5.05. The number of para-hydroxylation sites is 1. The highest BCUT2D eigenvalue weighted by Gasteiger charge is 2.15. The number of amides is 1. The highest BCUT2D eigenvalue weighted by Crippen LogP contribution is 2.27. The van der Waals surface area contributed by atoms with Gasteiger partial charge in [0, 0.05) is 16.6 Å². The molecule has 0 saturated carbocycles. The van der Waals surface area contributed by atoms with Crippen molar-refractivity contribution in [1.82, 2.24) is 4.98 Å². The Balaban J connectivity index is 1.75. The van der Waals surface area contributed by atoms with E-state index in [0.29, 0.717) is 12.2 Å². The molecule has 0 bridgehead atoms. The van der Waals surface area contributed by atoms with Crippen molar-refractivity contribution in [3.63, 3.8) is 0 Å². The topological polar surface area (TPSA) is 51.2 Å². The van der Waals surface area contributed by atoms with Crippen LogP contribution in [0.3, 0.4) is 0 Å². The van der Waals surface area contributed by atoms with Crippen LogP contribution in [0.2, 0.25) is 0 Å². The maximum Gasteiger partial charge on any atom is 0.256 e. The molecule has 1 heterocycles. The minimum absolute atomic E-state index is 0.146. The monoisotopic (exact) mass is 396 g/mol. The van der Waals surface area contributed by atoms with Gasteiger partial charge in [0.05, 0.1) is 23.4 Å². The number of nitrogens with zero attached hydrogens (tertiary/aromatic N) is 1. The van der Waals surface area contributed by atoms with Gasteiger partial charge in [0.2, 0.25) is 0 Å². The fraction of sp³-hybridized carbons (Fsp3) is 0.154. The van der Waals surface area contributed by atoms with Crippen molar-refractivity contribution in [2.75, 3.05) is 11.9 Å². The number of pyridine rings is 1. The van der Waals surface area contributed by atoms with E-state index >= 15 is 0 Å². The Bertz CT molecular complexity index is 1210. The van der Waals surface area contributed by atoms with E-state index < -0.39 is 0 Å². The molecule has 1 N–H and O–H groups in total. The normalized spacial score (nSPS) is 10.8. The predicted molar refractivity (Wildman–Crippen MR) is 122 cm³/mol. The zero-order valence-electron chi connectivity index (χ0n) is 17.4. The summed E-state index contributed by atoms with van der Waals surface area (Å²) in [5, 5.41) is 3.89. The highest BCUT2D eigenvalue weighted by molar-refractivity contribution is 6.13. The molecule has 1 amide bonds. The van der Waals surface area contributed by atoms with E-state index in [1.165, 1.54) is 0 Å². The second-order valence-electron chi connectivity index (χ2n) is 7.30. The average molecular weight is 396 g/mol. The SMILES string of the molecule is CCOc1ccc(-c2cc(C(=O)Nc3ccc(C)cc3C)c3ccccc3n2)cc1. The fourth-order valence-electron chi connectivity index (χ4n) is 3.54. The molecule has 0 unspecified atom stereocenters. The van der Waals surface area contributed by atoms with Gasteiger partial charge in [-0.1, -0.05) is 35.9 Å². The number of aryl methyl sites for hydroxylation is 2. The number of carbonyl (C=O) groups excluding carboxylic acids is 1. The number of carbonyl (C=O) groups is 1. The van der Waals surface area contributed by atoms with Gasteiger partial charge in [-0.05, 0) is 68.8 Å². The van der Waals surface area contributed by atoms with Crippen LogP contribution < -0.4 is 10.1 Å². The van der Waals surface area contributed by atoms with E-state index in [9.17, 15) is 4.79 Å². The molecule has 3 aromatic carbocycles. The molecule has 4 nitrogen and oxygen atoms in total. The molecule has 4 rings (SSSR count). The molecule has 0 aliphatic carbocycles. The van der Waals surface area contributed by atoms with Crippen molar-refractivity contribution < 1.29 is 9.53 Å². The fourth-order valence-corrected chi connectivity index (χ4v) is 3.54. The second kappa shape index (κ2) is 8.37. The quantitative estimate of drug-likeness (QED) is 0.439. The molecule has 0 aliphatic heterocycles. The molecule has 150 valence electrons. The minimum atomic E-state index is -0.146. The number of rotatable bonds is 5. The van der Waals surface area contributed by atoms with E-state index in [-0.39, 0.29) is 5.91 Å². The maximum atomic E-state index is 13.2. The van der Waals surface area contributed by atoms with Gasteiger partial charge in [0.1, 0.15) is 5.75 Å². The number of hydrogen-bond acceptors (Lipinski definition) is 3. The van der Waals surface area contributed by atoms with Gasteiger partial charge >= 0.3 is 0 Å². The standard InChI is InChI=1S/C26H24N2O2/c1-4-30-20-12-10-19(11-13-20)25-16-22(21-7-5-6-8-24(21)27-25)26(29)28-23-14-9-17(2)15-18(23)3/h5-16H,4H2,1-3H3,(H,28,29). The summed E-state index contributed by atoms with van der Waals surface area (Å²) in [6.07, 6.45) is 0. The largest absolute Gasteiger partial charge is 0.494 e. The summed E-state index contributed by atoms with van der Waals surface area (Å²) in [6, 6.07) is 23.4. The summed E-state index contributed by atoms with van der Waals surface area (Å²) in [4.78, 5) is 18.0. The highest BCUT2D eigenvalue weighted by atomic mass is 16.5. The predicted octanol–water partition coefficient (Wildman–Crippen LogP) is 6.17. The Labute approximate surface area is 176 Å². The molecule has 30 heavy (non-hydrogen) atoms. The third-order valence-electron chi connectivity index (χ3n) is 5.05. The average Bonchev–Trinajstić information content (AvgIpc) is 2.75. The number of hydrogen-bond donors (Lipinski definition) is 1. The van der Waals surface area contributed by atoms with Gasteiger partial charge in [-0.15, -0.1) is 0 Å². The number of ether oxygens (including phenoxy) is 1. The summed E-state index contributed by atoms with van der Waals surface area (Å²) in [7, 11) is 0. The molecule has 0 aliphatic rings. The van der Waals surface area contributed by atoms with Crippen LogP contribution in [-0.4, -0.2) is 17.5 Å². The van der Waals surface area contributed by atoms with Crippen LogP contribution in [0.5, 0.6) is 5.75 Å². The van der Waals surface area contributed by atoms with Crippen LogP contribution in [0.4, 0.5) is 5.69 Å². The van der Waals surface area contributed by atoms with E-state index in [4.69, 9.17) is 9.72 Å². The molecule has 0 radical (unpaired) electrons. The smallest absolute Gasteiger partial charge is 0.256 e. The van der Waals surface area contributed by atoms with Gasteiger partial charge in [-0.2, -0.15) is 0 Å². The third kappa shape index (κ3) is 4.03. The molecule has 0 atom stereocenters. The summed E-state index contributed by atoms with van der Waals surface area (Å²) >= 11 is 0. The van der Waals surface area contributed by atoms with Crippen LogP contribution in [-0.2, 0) is 0 Å². The van der Waals surface area contributed by atoms with Crippen molar-refractivity contribution in [2.24, 2.45) is 0 Å². The number of anilines is 1. The van der Waals surface area contributed by atoms with Crippen molar-refractivity contribution >= 4 is 22.5 Å². The van der Waals surface area contributed by atoms with Crippen LogP contribution in [0.25, 0.3) is 22.2 Å². The Morgan fingerprint density at radius 3 is 2.47 bits per heavy atom. The van der Waals surface area contributed by atoms with Gasteiger partial charge in [-0.25, -0.2) is 4.98 Å². The first-order chi connectivity index (χ1) is 14.5. The van der Waals surface area contributed by atoms with E-state index in [1.54, 1.807) is 0 Å². The van der Waals surface area contributed by atoms with Crippen molar-refractivity contribution in [3.8, 4) is 17.0 Å². The van der Waals surface area contributed by atoms with E-state index in [1.807, 2.05) is 87.5 Å². The molecule has 1 aromatic heterocycles. The van der Waals surface area contributed by atoms with E-state index in [0.717, 1.165) is 44.7 Å². The summed E-state index contributed by atoms with van der Waals surface area (Å²) in [5.74, 6) is 0.669. The number of fused-ring (bicyclic) bond motifs is 1. The molecule has 0 saturated heterocycles. The van der Waals surface area contributed by atoms with Gasteiger partial charge in [0.25, 0.3) is 5.91 Å². The Morgan fingerprint density at radius 1 is 0.967 bits per heavy atom. The summed E-state index contributed by atoms with van der Waals surface area (Å²) < 4.78 is 5.53. The van der Waals surface area contributed by atoms with Gasteiger partial charge < -0.3 is 10.1 Å². The summed E-state index contributed by atoms with van der Waals surface area (Å²) in [6.45, 7) is 6.62. The number of aromatic nitrogens is 1. The first kappa shape index (κ1) is 19.6. The first-order valence-corrected chi connectivity index (χ1v) is 10.1. The van der Waals surface area contributed by atoms with Gasteiger partial charge in [-0.3, -0.25) is 4.79 Å². The zero-order valence-corrected chi connectivity index (χ0v) is 17.4. The minimum Gasteiger partial charge on any atom is -0.494 e. The number of nitrogens with one attached hydrogen (secondary N) is 1. The zero-order chi connectivity index (χ0) is 21.1. The van der Waals surface area contributed by atoms with Crippen molar-refractivity contribution in [1.29, 1.82) is 0 Å². The summed E-state index contributed by atoms with van der Waals surface area (Å²) in [5.41, 5.74) is 6.09. The first-order valence-electron chi connectivity index (χ1n) is 10.1. The lowest BCUT2D eigenvalue weighted by molar-refractivity contribution is 0.102. The lowest BCUT2D eigenvalue weighted by Crippen LogP contribution is -2.14. The lowest BCUT2D eigenvalue weighted by atomic mass is 10.0. The second-order valence-corrected chi connectivity index (χ2v) is 7.30. The van der Waals surface area contributed by atoms with Crippen LogP contribution >= 0.6 is 0 Å². The Morgan fingerprint density at radius 2 is 1.73 bits per heavy atom. The Kier molecular flexibility index (Phi) is 5.48. The van der Waals surface area contributed by atoms with Crippen LogP contribution in [0.1, 0.15) is 28.4 Å². The lowest BCUT2D eigenvalue weighted by Gasteiger charge is -2.13. The van der Waals surface area contributed by atoms with Gasteiger partial charge in [0.15, 0.2) is 0 Å². The molecule has 4 heteroatoms. The molecular formula is C26H24N2O2. The number of benzene rings is 3. The van der Waals surface area contributed by atoms with Crippen molar-refractivity contribution in [2.45, 2.75) is 20.8 Å². The Hall–Kier alpha value is -3.66. The van der Waals surface area contributed by atoms with Crippen LogP contribution in [0, 0.1) is 13.8 Å². The van der Waals surface area contributed by atoms with E-state index in [2.05, 4.69) is 11.4 Å².